The zero-order valence-corrected chi connectivity index (χ0v) is 9.15. The van der Waals surface area contributed by atoms with E-state index in [2.05, 4.69) is 0 Å². The third-order valence-corrected chi connectivity index (χ3v) is 2.60. The molecule has 1 N–H and O–H groups in total. The van der Waals surface area contributed by atoms with Crippen LogP contribution in [0.4, 0.5) is 0 Å². The largest absolute Gasteiger partial charge is 0.504 e. The van der Waals surface area contributed by atoms with Gasteiger partial charge in [0.15, 0.2) is 11.3 Å². The minimum atomic E-state index is -0.426. The van der Waals surface area contributed by atoms with Crippen molar-refractivity contribution in [3.05, 3.63) is 46.3 Å². The van der Waals surface area contributed by atoms with Crippen molar-refractivity contribution < 1.29 is 9.52 Å². The SMILES string of the molecule is CC=C(C)c1cc2cccc(O)c2oc1=O. The first kappa shape index (κ1) is 10.5. The molecule has 1 aromatic carbocycles. The van der Waals surface area contributed by atoms with Crippen molar-refractivity contribution in [1.29, 1.82) is 0 Å². The molecular weight excluding hydrogens is 204 g/mol. The molecule has 3 heteroatoms. The van der Waals surface area contributed by atoms with Crippen molar-refractivity contribution in [2.75, 3.05) is 0 Å². The second-order valence-electron chi connectivity index (χ2n) is 3.61. The van der Waals surface area contributed by atoms with Crippen LogP contribution in [0.25, 0.3) is 16.5 Å². The quantitative estimate of drug-likeness (QED) is 0.745. The lowest BCUT2D eigenvalue weighted by Crippen LogP contribution is -2.05. The maximum Gasteiger partial charge on any atom is 0.343 e. The van der Waals surface area contributed by atoms with Gasteiger partial charge in [0.1, 0.15) is 0 Å². The van der Waals surface area contributed by atoms with Crippen LogP contribution in [-0.2, 0) is 0 Å². The molecule has 2 aromatic rings. The maximum absolute atomic E-state index is 11.7. The molecule has 0 bridgehead atoms. The van der Waals surface area contributed by atoms with Crippen molar-refractivity contribution in [2.24, 2.45) is 0 Å². The molecule has 0 saturated carbocycles. The molecule has 0 unspecified atom stereocenters. The summed E-state index contributed by atoms with van der Waals surface area (Å²) in [5.74, 6) is -0.0146. The molecule has 2 rings (SSSR count). The summed E-state index contributed by atoms with van der Waals surface area (Å²) in [6.07, 6.45) is 1.85. The monoisotopic (exact) mass is 216 g/mol. The first-order chi connectivity index (χ1) is 7.63. The summed E-state index contributed by atoms with van der Waals surface area (Å²) in [7, 11) is 0. The van der Waals surface area contributed by atoms with Crippen LogP contribution >= 0.6 is 0 Å². The van der Waals surface area contributed by atoms with Gasteiger partial charge in [-0.05, 0) is 31.6 Å². The van der Waals surface area contributed by atoms with Crippen molar-refractivity contribution >= 4 is 16.5 Å². The van der Waals surface area contributed by atoms with Gasteiger partial charge >= 0.3 is 5.63 Å². The third kappa shape index (κ3) is 1.60. The van der Waals surface area contributed by atoms with E-state index in [1.165, 1.54) is 6.07 Å². The van der Waals surface area contributed by atoms with Gasteiger partial charge in [-0.15, -0.1) is 0 Å². The molecule has 0 amide bonds. The first-order valence-corrected chi connectivity index (χ1v) is 5.02. The number of benzene rings is 1. The Morgan fingerprint density at radius 3 is 2.88 bits per heavy atom. The van der Waals surface area contributed by atoms with Crippen LogP contribution in [0.3, 0.4) is 0 Å². The Balaban J connectivity index is 2.83. The predicted octanol–water partition coefficient (Wildman–Crippen LogP) is 2.92. The van der Waals surface area contributed by atoms with E-state index in [1.807, 2.05) is 19.9 Å². The number of hydrogen-bond acceptors (Lipinski definition) is 3. The summed E-state index contributed by atoms with van der Waals surface area (Å²) in [6.45, 7) is 3.71. The van der Waals surface area contributed by atoms with Gasteiger partial charge in [0.05, 0.1) is 5.56 Å². The summed E-state index contributed by atoms with van der Waals surface area (Å²) in [5.41, 5.74) is 1.20. The lowest BCUT2D eigenvalue weighted by atomic mass is 10.1. The van der Waals surface area contributed by atoms with Crippen molar-refractivity contribution in [3.63, 3.8) is 0 Å². The first-order valence-electron chi connectivity index (χ1n) is 5.02. The molecule has 1 aromatic heterocycles. The normalized spacial score (nSPS) is 12.0. The van der Waals surface area contributed by atoms with Crippen LogP contribution in [0.2, 0.25) is 0 Å². The molecule has 0 atom stereocenters. The van der Waals surface area contributed by atoms with Gasteiger partial charge in [0.2, 0.25) is 0 Å². The fraction of sp³-hybridized carbons (Fsp3) is 0.154. The number of phenolic OH excluding ortho intramolecular Hbond substituents is 1. The van der Waals surface area contributed by atoms with Gasteiger partial charge < -0.3 is 9.52 Å². The number of aromatic hydroxyl groups is 1. The summed E-state index contributed by atoms with van der Waals surface area (Å²) >= 11 is 0. The molecule has 0 radical (unpaired) electrons. The number of para-hydroxylation sites is 1. The molecule has 0 aliphatic rings. The van der Waals surface area contributed by atoms with Crippen LogP contribution in [0.5, 0.6) is 5.75 Å². The van der Waals surface area contributed by atoms with Crippen molar-refractivity contribution in [1.82, 2.24) is 0 Å². The van der Waals surface area contributed by atoms with Crippen molar-refractivity contribution in [2.45, 2.75) is 13.8 Å². The van der Waals surface area contributed by atoms with Gasteiger partial charge in [-0.1, -0.05) is 18.2 Å². The smallest absolute Gasteiger partial charge is 0.343 e. The maximum atomic E-state index is 11.7. The number of hydrogen-bond donors (Lipinski definition) is 1. The Kier molecular flexibility index (Phi) is 2.52. The van der Waals surface area contributed by atoms with E-state index in [9.17, 15) is 9.90 Å². The Bertz CT molecular complexity index is 621. The van der Waals surface area contributed by atoms with E-state index in [0.29, 0.717) is 5.56 Å². The van der Waals surface area contributed by atoms with E-state index in [-0.39, 0.29) is 11.3 Å². The molecule has 1 heterocycles. The van der Waals surface area contributed by atoms with Crippen LogP contribution in [-0.4, -0.2) is 5.11 Å². The molecule has 0 saturated heterocycles. The fourth-order valence-electron chi connectivity index (χ4n) is 1.56. The Hall–Kier alpha value is -2.03. The summed E-state index contributed by atoms with van der Waals surface area (Å²) < 4.78 is 5.10. The highest BCUT2D eigenvalue weighted by molar-refractivity contribution is 5.84. The van der Waals surface area contributed by atoms with Crippen LogP contribution < -0.4 is 5.63 Å². The molecule has 0 fully saturated rings. The highest BCUT2D eigenvalue weighted by Gasteiger charge is 2.08. The fourth-order valence-corrected chi connectivity index (χ4v) is 1.56. The zero-order chi connectivity index (χ0) is 11.7. The Morgan fingerprint density at radius 2 is 2.19 bits per heavy atom. The predicted molar refractivity (Wildman–Crippen MR) is 63.5 cm³/mol. The van der Waals surface area contributed by atoms with Crippen LogP contribution in [0.1, 0.15) is 19.4 Å². The van der Waals surface area contributed by atoms with Gasteiger partial charge in [0, 0.05) is 5.39 Å². The number of phenols is 1. The third-order valence-electron chi connectivity index (χ3n) is 2.60. The highest BCUT2D eigenvalue weighted by atomic mass is 16.4. The number of allylic oxidation sites excluding steroid dienone is 2. The number of rotatable bonds is 1. The summed E-state index contributed by atoms with van der Waals surface area (Å²) in [5, 5.41) is 10.3. The zero-order valence-electron chi connectivity index (χ0n) is 9.15. The molecule has 0 aliphatic heterocycles. The molecule has 82 valence electrons. The lowest BCUT2D eigenvalue weighted by molar-refractivity contribution is 0.457. The average Bonchev–Trinajstić information content (AvgIpc) is 2.29. The van der Waals surface area contributed by atoms with Gasteiger partial charge in [-0.2, -0.15) is 0 Å². The highest BCUT2D eigenvalue weighted by Crippen LogP contribution is 2.24. The van der Waals surface area contributed by atoms with E-state index in [1.54, 1.807) is 18.2 Å². The second-order valence-corrected chi connectivity index (χ2v) is 3.61. The molecule has 16 heavy (non-hydrogen) atoms. The molecule has 0 spiro atoms. The number of fused-ring (bicyclic) bond motifs is 1. The van der Waals surface area contributed by atoms with E-state index < -0.39 is 5.63 Å². The Labute approximate surface area is 92.6 Å². The lowest BCUT2D eigenvalue weighted by Gasteiger charge is -2.02. The topological polar surface area (TPSA) is 50.4 Å². The van der Waals surface area contributed by atoms with Gasteiger partial charge in [0.25, 0.3) is 0 Å². The van der Waals surface area contributed by atoms with Crippen LogP contribution in [0.15, 0.2) is 39.6 Å². The van der Waals surface area contributed by atoms with Gasteiger partial charge in [-0.25, -0.2) is 4.79 Å². The van der Waals surface area contributed by atoms with E-state index >= 15 is 0 Å². The standard InChI is InChI=1S/C13H12O3/c1-3-8(2)10-7-9-5-4-6-11(14)12(9)16-13(10)15/h3-7,14H,1-2H3. The second kappa shape index (κ2) is 3.85. The average molecular weight is 216 g/mol. The van der Waals surface area contributed by atoms with Crippen molar-refractivity contribution in [3.8, 4) is 5.75 Å². The van der Waals surface area contributed by atoms with E-state index in [4.69, 9.17) is 4.42 Å². The molecule has 3 nitrogen and oxygen atoms in total. The minimum absolute atomic E-state index is 0.0146. The van der Waals surface area contributed by atoms with Gasteiger partial charge in [-0.3, -0.25) is 0 Å². The summed E-state index contributed by atoms with van der Waals surface area (Å²) in [6, 6.07) is 6.74. The Morgan fingerprint density at radius 1 is 1.44 bits per heavy atom. The van der Waals surface area contributed by atoms with E-state index in [0.717, 1.165) is 11.0 Å². The summed E-state index contributed by atoms with van der Waals surface area (Å²) in [4.78, 5) is 11.7. The van der Waals surface area contributed by atoms with Crippen LogP contribution in [0, 0.1) is 0 Å². The molecule has 0 aliphatic carbocycles. The molecular formula is C13H12O3. The minimum Gasteiger partial charge on any atom is -0.504 e.